The SMILES string of the molecule is CC1CCN(C)CCC12OCCO2. The van der Waals surface area contributed by atoms with Crippen molar-refractivity contribution < 1.29 is 9.47 Å². The highest BCUT2D eigenvalue weighted by molar-refractivity contribution is 4.84. The van der Waals surface area contributed by atoms with Gasteiger partial charge in [0.25, 0.3) is 0 Å². The van der Waals surface area contributed by atoms with Gasteiger partial charge in [0.2, 0.25) is 0 Å². The molecule has 0 bridgehead atoms. The molecule has 0 aromatic rings. The van der Waals surface area contributed by atoms with E-state index >= 15 is 0 Å². The van der Waals surface area contributed by atoms with Crippen LogP contribution < -0.4 is 0 Å². The summed E-state index contributed by atoms with van der Waals surface area (Å²) in [5, 5.41) is 0. The first-order valence-corrected chi connectivity index (χ1v) is 5.19. The van der Waals surface area contributed by atoms with Crippen molar-refractivity contribution in [3.8, 4) is 0 Å². The van der Waals surface area contributed by atoms with Crippen molar-refractivity contribution in [2.45, 2.75) is 25.6 Å². The van der Waals surface area contributed by atoms with Crippen LogP contribution in [0.3, 0.4) is 0 Å². The monoisotopic (exact) mass is 185 g/mol. The van der Waals surface area contributed by atoms with Crippen molar-refractivity contribution in [2.75, 3.05) is 33.4 Å². The zero-order valence-corrected chi connectivity index (χ0v) is 8.58. The predicted molar refractivity (Wildman–Crippen MR) is 50.5 cm³/mol. The van der Waals surface area contributed by atoms with Crippen molar-refractivity contribution >= 4 is 0 Å². The summed E-state index contributed by atoms with van der Waals surface area (Å²) in [7, 11) is 2.17. The summed E-state index contributed by atoms with van der Waals surface area (Å²) in [5.41, 5.74) is 0. The molecular formula is C10H19NO2. The highest BCUT2D eigenvalue weighted by Gasteiger charge is 2.42. The molecule has 3 heteroatoms. The average Bonchev–Trinajstić information content (AvgIpc) is 2.55. The number of rotatable bonds is 0. The van der Waals surface area contributed by atoms with Crippen LogP contribution in [0.2, 0.25) is 0 Å². The molecule has 1 unspecified atom stereocenters. The minimum absolute atomic E-state index is 0.245. The number of hydrogen-bond donors (Lipinski definition) is 0. The first-order chi connectivity index (χ1) is 6.23. The molecular weight excluding hydrogens is 166 g/mol. The maximum absolute atomic E-state index is 5.77. The average molecular weight is 185 g/mol. The molecule has 2 rings (SSSR count). The van der Waals surface area contributed by atoms with Gasteiger partial charge < -0.3 is 14.4 Å². The van der Waals surface area contributed by atoms with Crippen LogP contribution in [0.4, 0.5) is 0 Å². The molecule has 13 heavy (non-hydrogen) atoms. The molecule has 0 aliphatic carbocycles. The van der Waals surface area contributed by atoms with Crippen LogP contribution in [0.25, 0.3) is 0 Å². The Labute approximate surface area is 80.0 Å². The summed E-state index contributed by atoms with van der Waals surface area (Å²) < 4.78 is 11.5. The lowest BCUT2D eigenvalue weighted by atomic mass is 9.96. The lowest BCUT2D eigenvalue weighted by Crippen LogP contribution is -2.37. The predicted octanol–water partition coefficient (Wildman–Crippen LogP) is 1.09. The molecule has 0 amide bonds. The highest BCUT2D eigenvalue weighted by atomic mass is 16.7. The van der Waals surface area contributed by atoms with Crippen LogP contribution in [0.1, 0.15) is 19.8 Å². The van der Waals surface area contributed by atoms with Crippen LogP contribution in [0.5, 0.6) is 0 Å². The van der Waals surface area contributed by atoms with Crippen LogP contribution in [-0.4, -0.2) is 44.0 Å². The number of likely N-dealkylation sites (tertiary alicyclic amines) is 1. The zero-order chi connectivity index (χ0) is 9.31. The second-order valence-electron chi connectivity index (χ2n) is 4.25. The van der Waals surface area contributed by atoms with E-state index in [1.165, 1.54) is 6.42 Å². The summed E-state index contributed by atoms with van der Waals surface area (Å²) in [4.78, 5) is 2.36. The first kappa shape index (κ1) is 9.44. The molecule has 2 saturated heterocycles. The molecule has 2 aliphatic rings. The Morgan fingerprint density at radius 3 is 2.62 bits per heavy atom. The van der Waals surface area contributed by atoms with Gasteiger partial charge in [-0.2, -0.15) is 0 Å². The molecule has 3 nitrogen and oxygen atoms in total. The largest absolute Gasteiger partial charge is 0.347 e. The molecule has 76 valence electrons. The maximum atomic E-state index is 5.77. The summed E-state index contributed by atoms with van der Waals surface area (Å²) in [5.74, 6) is 0.282. The van der Waals surface area contributed by atoms with Gasteiger partial charge in [-0.15, -0.1) is 0 Å². The number of nitrogens with zero attached hydrogens (tertiary/aromatic N) is 1. The topological polar surface area (TPSA) is 21.7 Å². The van der Waals surface area contributed by atoms with Gasteiger partial charge in [-0.05, 0) is 20.0 Å². The number of hydrogen-bond acceptors (Lipinski definition) is 3. The van der Waals surface area contributed by atoms with Crippen LogP contribution in [-0.2, 0) is 9.47 Å². The van der Waals surface area contributed by atoms with E-state index in [2.05, 4.69) is 18.9 Å². The van der Waals surface area contributed by atoms with Crippen LogP contribution >= 0.6 is 0 Å². The summed E-state index contributed by atoms with van der Waals surface area (Å²) in [6.45, 7) is 6.03. The summed E-state index contributed by atoms with van der Waals surface area (Å²) >= 11 is 0. The Hall–Kier alpha value is -0.120. The Kier molecular flexibility index (Phi) is 2.58. The molecule has 0 aromatic heterocycles. The van der Waals surface area contributed by atoms with Crippen molar-refractivity contribution in [1.82, 2.24) is 4.90 Å². The van der Waals surface area contributed by atoms with Gasteiger partial charge in [-0.3, -0.25) is 0 Å². The fourth-order valence-corrected chi connectivity index (χ4v) is 2.24. The van der Waals surface area contributed by atoms with Crippen molar-refractivity contribution in [2.24, 2.45) is 5.92 Å². The highest BCUT2D eigenvalue weighted by Crippen LogP contribution is 2.35. The van der Waals surface area contributed by atoms with Gasteiger partial charge in [0.15, 0.2) is 5.79 Å². The van der Waals surface area contributed by atoms with Gasteiger partial charge in [0.1, 0.15) is 0 Å². The Morgan fingerprint density at radius 2 is 1.92 bits per heavy atom. The van der Waals surface area contributed by atoms with Gasteiger partial charge in [-0.25, -0.2) is 0 Å². The standard InChI is InChI=1S/C10H19NO2/c1-9-3-5-11(2)6-4-10(9)12-7-8-13-10/h9H,3-8H2,1-2H3. The lowest BCUT2D eigenvalue weighted by Gasteiger charge is -2.31. The van der Waals surface area contributed by atoms with Crippen LogP contribution in [0, 0.1) is 5.92 Å². The van der Waals surface area contributed by atoms with Gasteiger partial charge in [-0.1, -0.05) is 6.92 Å². The van der Waals surface area contributed by atoms with E-state index in [0.29, 0.717) is 5.92 Å². The molecule has 1 atom stereocenters. The smallest absolute Gasteiger partial charge is 0.172 e. The molecule has 0 saturated carbocycles. The Balaban J connectivity index is 2.07. The third-order valence-electron chi connectivity index (χ3n) is 3.31. The number of ether oxygens (including phenoxy) is 2. The zero-order valence-electron chi connectivity index (χ0n) is 8.58. The Bertz CT molecular complexity index is 178. The third-order valence-corrected chi connectivity index (χ3v) is 3.31. The minimum atomic E-state index is -0.245. The fourth-order valence-electron chi connectivity index (χ4n) is 2.24. The molecule has 2 fully saturated rings. The van der Waals surface area contributed by atoms with E-state index < -0.39 is 0 Å². The fraction of sp³-hybridized carbons (Fsp3) is 1.00. The molecule has 0 aromatic carbocycles. The summed E-state index contributed by atoms with van der Waals surface area (Å²) in [6.07, 6.45) is 2.20. The molecule has 1 spiro atoms. The van der Waals surface area contributed by atoms with E-state index in [-0.39, 0.29) is 5.79 Å². The second-order valence-corrected chi connectivity index (χ2v) is 4.25. The first-order valence-electron chi connectivity index (χ1n) is 5.19. The quantitative estimate of drug-likeness (QED) is 0.564. The second kappa shape index (κ2) is 3.56. The van der Waals surface area contributed by atoms with Gasteiger partial charge in [0.05, 0.1) is 13.2 Å². The van der Waals surface area contributed by atoms with Crippen molar-refractivity contribution in [3.05, 3.63) is 0 Å². The van der Waals surface area contributed by atoms with E-state index in [9.17, 15) is 0 Å². The van der Waals surface area contributed by atoms with E-state index in [1.54, 1.807) is 0 Å². The van der Waals surface area contributed by atoms with Gasteiger partial charge >= 0.3 is 0 Å². The molecule has 0 N–H and O–H groups in total. The minimum Gasteiger partial charge on any atom is -0.347 e. The third kappa shape index (κ3) is 1.73. The van der Waals surface area contributed by atoms with Crippen LogP contribution in [0.15, 0.2) is 0 Å². The van der Waals surface area contributed by atoms with Crippen molar-refractivity contribution in [3.63, 3.8) is 0 Å². The normalized spacial score (nSPS) is 35.1. The Morgan fingerprint density at radius 1 is 1.23 bits per heavy atom. The maximum Gasteiger partial charge on any atom is 0.172 e. The van der Waals surface area contributed by atoms with Gasteiger partial charge in [0, 0.05) is 18.9 Å². The van der Waals surface area contributed by atoms with E-state index in [4.69, 9.17) is 9.47 Å². The molecule has 2 heterocycles. The molecule has 0 radical (unpaired) electrons. The van der Waals surface area contributed by atoms with Crippen molar-refractivity contribution in [1.29, 1.82) is 0 Å². The lowest BCUT2D eigenvalue weighted by molar-refractivity contribution is -0.193. The molecule has 2 aliphatic heterocycles. The van der Waals surface area contributed by atoms with E-state index in [0.717, 1.165) is 32.7 Å². The summed E-state index contributed by atoms with van der Waals surface area (Å²) in [6, 6.07) is 0. The van der Waals surface area contributed by atoms with E-state index in [1.807, 2.05) is 0 Å².